The summed E-state index contributed by atoms with van der Waals surface area (Å²) in [6, 6.07) is 0. The zero-order valence-corrected chi connectivity index (χ0v) is 20.5. The van der Waals surface area contributed by atoms with E-state index in [2.05, 4.69) is 21.4 Å². The van der Waals surface area contributed by atoms with Crippen LogP contribution in [0, 0.1) is 6.92 Å². The molecular weight excluding hydrogens is 455 g/mol. The number of hydrogen-bond donors (Lipinski definition) is 3. The van der Waals surface area contributed by atoms with Gasteiger partial charge in [0.25, 0.3) is 0 Å². The molecule has 0 saturated heterocycles. The molecule has 1 rings (SSSR count). The molecule has 0 bridgehead atoms. The number of thioether (sulfide) groups is 1. The lowest BCUT2D eigenvalue weighted by atomic mass is 10.1. The summed E-state index contributed by atoms with van der Waals surface area (Å²) in [6.07, 6.45) is 7.64. The third kappa shape index (κ3) is 11.2. The first-order chi connectivity index (χ1) is 15.1. The predicted molar refractivity (Wildman–Crippen MR) is 124 cm³/mol. The van der Waals surface area contributed by atoms with Crippen molar-refractivity contribution in [2.75, 3.05) is 12.3 Å². The lowest BCUT2D eigenvalue weighted by molar-refractivity contribution is -0.117. The van der Waals surface area contributed by atoms with Gasteiger partial charge in [0.15, 0.2) is 5.12 Å². The van der Waals surface area contributed by atoms with Gasteiger partial charge in [-0.15, -0.1) is 0 Å². The summed E-state index contributed by atoms with van der Waals surface area (Å²) < 4.78 is 15.6. The van der Waals surface area contributed by atoms with Crippen LogP contribution in [0.4, 0.5) is 5.82 Å². The van der Waals surface area contributed by atoms with Gasteiger partial charge in [-0.3, -0.25) is 14.1 Å². The highest BCUT2D eigenvalue weighted by Gasteiger charge is 2.19. The number of hydrogen-bond acceptors (Lipinski definition) is 8. The second-order valence-electron chi connectivity index (χ2n) is 7.28. The third-order valence-corrected chi connectivity index (χ3v) is 6.33. The van der Waals surface area contributed by atoms with Crippen LogP contribution in [-0.4, -0.2) is 42.8 Å². The van der Waals surface area contributed by atoms with Gasteiger partial charge in [0.1, 0.15) is 11.6 Å². The first-order valence-electron chi connectivity index (χ1n) is 10.5. The SMILES string of the molecule is CCCCCCCC(=O)S/C(CCOP(=O)(O)O)=C(/C)N(C=O)Cc1cnc(C)nc1N. The van der Waals surface area contributed by atoms with Crippen LogP contribution in [0.3, 0.4) is 0 Å². The standard InChI is InChI=1S/C20H33N4O6PS/c1-4-5-6-7-8-9-19(26)32-18(10-11-30-31(27,28)29)15(2)24(14-25)13-17-12-22-16(3)23-20(17)21/h12,14H,4-11,13H2,1-3H3,(H2,21,22,23)(H2,27,28,29)/b18-15-. The van der Waals surface area contributed by atoms with Crippen molar-refractivity contribution in [3.63, 3.8) is 0 Å². The highest BCUT2D eigenvalue weighted by atomic mass is 32.2. The van der Waals surface area contributed by atoms with E-state index in [9.17, 15) is 14.2 Å². The van der Waals surface area contributed by atoms with E-state index >= 15 is 0 Å². The number of anilines is 1. The molecule has 0 aliphatic rings. The summed E-state index contributed by atoms with van der Waals surface area (Å²) in [6.45, 7) is 5.28. The van der Waals surface area contributed by atoms with Crippen molar-refractivity contribution in [2.24, 2.45) is 0 Å². The van der Waals surface area contributed by atoms with Crippen LogP contribution < -0.4 is 5.73 Å². The molecule has 4 N–H and O–H groups in total. The minimum absolute atomic E-state index is 0.0629. The van der Waals surface area contributed by atoms with E-state index < -0.39 is 7.82 Å². The molecule has 10 nitrogen and oxygen atoms in total. The second kappa shape index (κ2) is 14.4. The summed E-state index contributed by atoms with van der Waals surface area (Å²) >= 11 is 0.973. The van der Waals surface area contributed by atoms with E-state index in [-0.39, 0.29) is 30.5 Å². The van der Waals surface area contributed by atoms with Crippen molar-refractivity contribution < 1.29 is 28.5 Å². The summed E-state index contributed by atoms with van der Waals surface area (Å²) in [5.74, 6) is 0.755. The van der Waals surface area contributed by atoms with Crippen molar-refractivity contribution in [2.45, 2.75) is 72.3 Å². The number of unbranched alkanes of at least 4 members (excludes halogenated alkanes) is 4. The van der Waals surface area contributed by atoms with Gasteiger partial charge in [-0.1, -0.05) is 44.4 Å². The van der Waals surface area contributed by atoms with Gasteiger partial charge >= 0.3 is 7.82 Å². The quantitative estimate of drug-likeness (QED) is 0.189. The van der Waals surface area contributed by atoms with Gasteiger partial charge in [-0.25, -0.2) is 14.5 Å². The number of carbonyl (C=O) groups is 2. The molecule has 1 aromatic rings. The van der Waals surface area contributed by atoms with Gasteiger partial charge < -0.3 is 20.4 Å². The Bertz CT molecular complexity index is 845. The van der Waals surface area contributed by atoms with Gasteiger partial charge in [0.2, 0.25) is 6.41 Å². The maximum absolute atomic E-state index is 12.5. The summed E-state index contributed by atoms with van der Waals surface area (Å²) in [7, 11) is -4.64. The molecule has 32 heavy (non-hydrogen) atoms. The Morgan fingerprint density at radius 3 is 2.56 bits per heavy atom. The molecule has 0 fully saturated rings. The number of aromatic nitrogens is 2. The molecule has 180 valence electrons. The third-order valence-electron chi connectivity index (χ3n) is 4.63. The molecule has 0 aromatic carbocycles. The number of amides is 1. The number of nitrogens with two attached hydrogens (primary N) is 1. The van der Waals surface area contributed by atoms with Gasteiger partial charge in [0, 0.05) is 35.2 Å². The van der Waals surface area contributed by atoms with Crippen molar-refractivity contribution in [3.8, 4) is 0 Å². The van der Waals surface area contributed by atoms with Crippen molar-refractivity contribution in [1.82, 2.24) is 14.9 Å². The number of carbonyl (C=O) groups excluding carboxylic acids is 2. The number of allylic oxidation sites excluding steroid dienone is 1. The minimum atomic E-state index is -4.64. The molecular formula is C20H33N4O6PS. The molecule has 1 aromatic heterocycles. The zero-order valence-electron chi connectivity index (χ0n) is 18.8. The van der Waals surface area contributed by atoms with Crippen LogP contribution in [0.1, 0.15) is 70.2 Å². The highest BCUT2D eigenvalue weighted by molar-refractivity contribution is 8.16. The predicted octanol–water partition coefficient (Wildman–Crippen LogP) is 3.68. The molecule has 0 atom stereocenters. The first kappa shape index (κ1) is 28.3. The molecule has 12 heteroatoms. The fourth-order valence-corrected chi connectivity index (χ4v) is 4.14. The lowest BCUT2D eigenvalue weighted by Crippen LogP contribution is -2.22. The lowest BCUT2D eigenvalue weighted by Gasteiger charge is -2.22. The summed E-state index contributed by atoms with van der Waals surface area (Å²) in [5, 5.41) is -0.0731. The monoisotopic (exact) mass is 488 g/mol. The average molecular weight is 489 g/mol. The van der Waals surface area contributed by atoms with Crippen molar-refractivity contribution in [3.05, 3.63) is 28.2 Å². The largest absolute Gasteiger partial charge is 0.469 e. The normalized spacial score (nSPS) is 12.4. The van der Waals surface area contributed by atoms with Crippen LogP contribution in [0.5, 0.6) is 0 Å². The summed E-state index contributed by atoms with van der Waals surface area (Å²) in [5.41, 5.74) is 6.94. The Morgan fingerprint density at radius 1 is 1.28 bits per heavy atom. The number of phosphoric acid groups is 1. The smallest absolute Gasteiger partial charge is 0.383 e. The molecule has 0 spiro atoms. The van der Waals surface area contributed by atoms with Gasteiger partial charge in [-0.05, 0) is 20.3 Å². The number of aryl methyl sites for hydroxylation is 1. The van der Waals surface area contributed by atoms with Crippen molar-refractivity contribution >= 4 is 36.9 Å². The van der Waals surface area contributed by atoms with Crippen molar-refractivity contribution in [1.29, 1.82) is 0 Å². The molecule has 1 heterocycles. The molecule has 0 aliphatic carbocycles. The highest BCUT2D eigenvalue weighted by Crippen LogP contribution is 2.37. The van der Waals surface area contributed by atoms with Crippen LogP contribution in [0.15, 0.2) is 16.8 Å². The Balaban J connectivity index is 2.96. The maximum atomic E-state index is 12.5. The molecule has 0 saturated carbocycles. The second-order valence-corrected chi connectivity index (χ2v) is 9.67. The van der Waals surface area contributed by atoms with E-state index in [1.54, 1.807) is 13.8 Å². The molecule has 0 aliphatic heterocycles. The zero-order chi connectivity index (χ0) is 24.1. The van der Waals surface area contributed by atoms with E-state index in [0.29, 0.717) is 34.8 Å². The van der Waals surface area contributed by atoms with Gasteiger partial charge in [-0.2, -0.15) is 0 Å². The minimum Gasteiger partial charge on any atom is -0.383 e. The van der Waals surface area contributed by atoms with E-state index in [4.69, 9.17) is 15.5 Å². The Hall–Kier alpha value is -1.78. The number of phosphoric ester groups is 1. The first-order valence-corrected chi connectivity index (χ1v) is 12.8. The Kier molecular flexibility index (Phi) is 12.7. The van der Waals surface area contributed by atoms with Crippen LogP contribution in [0.2, 0.25) is 0 Å². The van der Waals surface area contributed by atoms with Crippen LogP contribution >= 0.6 is 19.6 Å². The fraction of sp³-hybridized carbons (Fsp3) is 0.600. The number of rotatable bonds is 15. The van der Waals surface area contributed by atoms with E-state index in [0.717, 1.165) is 43.9 Å². The Labute approximate surface area is 193 Å². The maximum Gasteiger partial charge on any atom is 0.469 e. The summed E-state index contributed by atoms with van der Waals surface area (Å²) in [4.78, 5) is 52.2. The fourth-order valence-electron chi connectivity index (χ4n) is 2.84. The number of nitrogen functional groups attached to an aromatic ring is 1. The van der Waals surface area contributed by atoms with E-state index in [1.807, 2.05) is 0 Å². The molecule has 1 amide bonds. The van der Waals surface area contributed by atoms with Crippen LogP contribution in [0.25, 0.3) is 0 Å². The Morgan fingerprint density at radius 2 is 1.97 bits per heavy atom. The molecule has 0 unspecified atom stereocenters. The molecule has 0 radical (unpaired) electrons. The average Bonchev–Trinajstić information content (AvgIpc) is 2.71. The topological polar surface area (TPSA) is 156 Å². The van der Waals surface area contributed by atoms with Gasteiger partial charge in [0.05, 0.1) is 13.2 Å². The number of nitrogens with zero attached hydrogens (tertiary/aromatic N) is 3. The van der Waals surface area contributed by atoms with Crippen LogP contribution in [-0.2, 0) is 25.2 Å². The van der Waals surface area contributed by atoms with E-state index in [1.165, 1.54) is 11.1 Å².